The third-order valence-corrected chi connectivity index (χ3v) is 3.48. The summed E-state index contributed by atoms with van der Waals surface area (Å²) in [6.45, 7) is 5.04. The molecule has 2 N–H and O–H groups in total. The Kier molecular flexibility index (Phi) is 2.81. The van der Waals surface area contributed by atoms with Crippen LogP contribution in [0.2, 0.25) is 19.1 Å². The van der Waals surface area contributed by atoms with Gasteiger partial charge in [-0.15, -0.1) is 12.0 Å². The summed E-state index contributed by atoms with van der Waals surface area (Å²) in [4.78, 5) is 0. The van der Waals surface area contributed by atoms with Crippen molar-refractivity contribution in [2.75, 3.05) is 6.54 Å². The summed E-state index contributed by atoms with van der Waals surface area (Å²) in [5.41, 5.74) is 8.13. The molecule has 0 aliphatic rings. The Labute approximate surface area is 52.3 Å². The summed E-state index contributed by atoms with van der Waals surface area (Å²) in [5, 5.41) is 0. The molecule has 0 fully saturated rings. The molecule has 0 atom stereocenters. The molecule has 0 radical (unpaired) electrons. The first kappa shape index (κ1) is 7.74. The summed E-state index contributed by atoms with van der Waals surface area (Å²) < 4.78 is 0. The van der Waals surface area contributed by atoms with Crippen molar-refractivity contribution in [3.05, 3.63) is 0 Å². The van der Waals surface area contributed by atoms with Crippen molar-refractivity contribution in [2.45, 2.75) is 19.1 Å². The van der Waals surface area contributed by atoms with E-state index in [0.29, 0.717) is 0 Å². The zero-order valence-corrected chi connectivity index (χ0v) is 6.57. The van der Waals surface area contributed by atoms with Crippen molar-refractivity contribution in [1.82, 2.24) is 0 Å². The normalized spacial score (nSPS) is 10.8. The Bertz CT molecular complexity index is 102. The Morgan fingerprint density at radius 3 is 2.25 bits per heavy atom. The fourth-order valence-corrected chi connectivity index (χ4v) is 1.30. The Morgan fingerprint density at radius 2 is 2.12 bits per heavy atom. The Morgan fingerprint density at radius 1 is 1.62 bits per heavy atom. The number of hydrogen-bond donors (Lipinski definition) is 1. The molecular weight excluding hydrogens is 114 g/mol. The van der Waals surface area contributed by atoms with E-state index in [1.54, 1.807) is 0 Å². The summed E-state index contributed by atoms with van der Waals surface area (Å²) in [7, 11) is -1.27. The summed E-state index contributed by atoms with van der Waals surface area (Å²) >= 11 is 0. The summed E-state index contributed by atoms with van der Waals surface area (Å²) in [5.74, 6) is 0. The molecule has 0 aliphatic heterocycles. The lowest BCUT2D eigenvalue weighted by Crippen LogP contribution is -2.26. The van der Waals surface area contributed by atoms with E-state index in [2.05, 4.69) is 18.6 Å². The number of nitrogens with two attached hydrogens (primary N) is 1. The highest BCUT2D eigenvalue weighted by molar-refractivity contribution is 6.85. The zero-order chi connectivity index (χ0) is 6.62. The van der Waals surface area contributed by atoms with E-state index in [4.69, 9.17) is 12.2 Å². The van der Waals surface area contributed by atoms with E-state index in [1.807, 2.05) is 0 Å². The van der Waals surface area contributed by atoms with Crippen molar-refractivity contribution in [3.8, 4) is 12.0 Å². The average molecular weight is 127 g/mol. The SMILES string of the molecule is C#C[Si](C)(C)CCN. The van der Waals surface area contributed by atoms with Gasteiger partial charge in [-0.2, -0.15) is 0 Å². The molecule has 0 heterocycles. The summed E-state index contributed by atoms with van der Waals surface area (Å²) in [6.07, 6.45) is 5.25. The van der Waals surface area contributed by atoms with Crippen LogP contribution in [0.25, 0.3) is 0 Å². The van der Waals surface area contributed by atoms with Crippen molar-refractivity contribution in [3.63, 3.8) is 0 Å². The standard InChI is InChI=1S/C6H13NSi/c1-4-8(2,3)6-5-7/h1H,5-7H2,2-3H3. The monoisotopic (exact) mass is 127 g/mol. The van der Waals surface area contributed by atoms with Crippen LogP contribution in [0.15, 0.2) is 0 Å². The minimum absolute atomic E-state index is 0.740. The van der Waals surface area contributed by atoms with Crippen LogP contribution >= 0.6 is 0 Å². The molecule has 0 amide bonds. The van der Waals surface area contributed by atoms with E-state index in [0.717, 1.165) is 12.6 Å². The van der Waals surface area contributed by atoms with Crippen LogP contribution in [0.1, 0.15) is 0 Å². The van der Waals surface area contributed by atoms with E-state index >= 15 is 0 Å². The largest absolute Gasteiger partial charge is 0.331 e. The van der Waals surface area contributed by atoms with E-state index < -0.39 is 8.07 Å². The first-order valence-corrected chi connectivity index (χ1v) is 6.01. The van der Waals surface area contributed by atoms with E-state index in [-0.39, 0.29) is 0 Å². The van der Waals surface area contributed by atoms with Crippen molar-refractivity contribution >= 4 is 8.07 Å². The highest BCUT2D eigenvalue weighted by Crippen LogP contribution is 2.03. The molecule has 2 heteroatoms. The van der Waals surface area contributed by atoms with Gasteiger partial charge in [-0.3, -0.25) is 0 Å². The Balaban J connectivity index is 3.59. The van der Waals surface area contributed by atoms with Gasteiger partial charge in [-0.1, -0.05) is 13.1 Å². The summed E-state index contributed by atoms with van der Waals surface area (Å²) in [6, 6.07) is 1.05. The highest BCUT2D eigenvalue weighted by Gasteiger charge is 2.14. The molecule has 8 heavy (non-hydrogen) atoms. The third-order valence-electron chi connectivity index (χ3n) is 1.16. The molecule has 0 bridgehead atoms. The molecule has 0 aromatic rings. The van der Waals surface area contributed by atoms with Crippen LogP contribution in [0.4, 0.5) is 0 Å². The molecule has 46 valence electrons. The van der Waals surface area contributed by atoms with Gasteiger partial charge in [0.2, 0.25) is 0 Å². The van der Waals surface area contributed by atoms with Crippen LogP contribution < -0.4 is 5.73 Å². The highest BCUT2D eigenvalue weighted by atomic mass is 28.3. The molecule has 0 rings (SSSR count). The molecular formula is C6H13NSi. The van der Waals surface area contributed by atoms with Gasteiger partial charge in [-0.25, -0.2) is 0 Å². The number of terminal acetylenes is 1. The predicted molar refractivity (Wildman–Crippen MR) is 40.2 cm³/mol. The van der Waals surface area contributed by atoms with E-state index in [1.165, 1.54) is 0 Å². The molecule has 0 aliphatic carbocycles. The van der Waals surface area contributed by atoms with Gasteiger partial charge in [0.25, 0.3) is 0 Å². The van der Waals surface area contributed by atoms with Crippen LogP contribution in [-0.2, 0) is 0 Å². The van der Waals surface area contributed by atoms with Gasteiger partial charge in [-0.05, 0) is 12.6 Å². The maximum absolute atomic E-state index is 5.33. The first-order valence-electron chi connectivity index (χ1n) is 2.80. The molecule has 0 saturated heterocycles. The average Bonchev–Trinajstić information content (AvgIpc) is 1.67. The fourth-order valence-electron chi connectivity index (χ4n) is 0.433. The maximum Gasteiger partial charge on any atom is 0.133 e. The number of hydrogen-bond acceptors (Lipinski definition) is 1. The van der Waals surface area contributed by atoms with Gasteiger partial charge >= 0.3 is 0 Å². The zero-order valence-electron chi connectivity index (χ0n) is 5.57. The molecule has 0 unspecified atom stereocenters. The second kappa shape index (κ2) is 2.90. The first-order chi connectivity index (χ1) is 3.62. The van der Waals surface area contributed by atoms with Gasteiger partial charge in [0, 0.05) is 0 Å². The minimum atomic E-state index is -1.27. The third kappa shape index (κ3) is 2.84. The number of rotatable bonds is 2. The fraction of sp³-hybridized carbons (Fsp3) is 0.667. The lowest BCUT2D eigenvalue weighted by atomic mass is 10.8. The predicted octanol–water partition coefficient (Wildman–Crippen LogP) is 0.826. The lowest BCUT2D eigenvalue weighted by molar-refractivity contribution is 1.10. The van der Waals surface area contributed by atoms with Crippen LogP contribution in [0, 0.1) is 12.0 Å². The topological polar surface area (TPSA) is 26.0 Å². The minimum Gasteiger partial charge on any atom is -0.331 e. The lowest BCUT2D eigenvalue weighted by Gasteiger charge is -2.10. The van der Waals surface area contributed by atoms with Crippen LogP contribution in [-0.4, -0.2) is 14.6 Å². The van der Waals surface area contributed by atoms with E-state index in [9.17, 15) is 0 Å². The Hall–Kier alpha value is -0.263. The van der Waals surface area contributed by atoms with Crippen molar-refractivity contribution in [2.24, 2.45) is 5.73 Å². The van der Waals surface area contributed by atoms with Gasteiger partial charge in [0.15, 0.2) is 0 Å². The quantitative estimate of drug-likeness (QED) is 0.431. The van der Waals surface area contributed by atoms with Gasteiger partial charge in [0.05, 0.1) is 0 Å². The van der Waals surface area contributed by atoms with Crippen LogP contribution in [0.3, 0.4) is 0 Å². The molecule has 0 saturated carbocycles. The van der Waals surface area contributed by atoms with Crippen molar-refractivity contribution < 1.29 is 0 Å². The molecule has 0 aromatic carbocycles. The molecule has 0 aromatic heterocycles. The molecule has 1 nitrogen and oxygen atoms in total. The second-order valence-corrected chi connectivity index (χ2v) is 7.12. The molecule has 0 spiro atoms. The van der Waals surface area contributed by atoms with Crippen molar-refractivity contribution in [1.29, 1.82) is 0 Å². The maximum atomic E-state index is 5.33. The van der Waals surface area contributed by atoms with Gasteiger partial charge in [0.1, 0.15) is 8.07 Å². The smallest absolute Gasteiger partial charge is 0.133 e. The van der Waals surface area contributed by atoms with Crippen LogP contribution in [0.5, 0.6) is 0 Å². The second-order valence-electron chi connectivity index (χ2n) is 2.57. The van der Waals surface area contributed by atoms with Gasteiger partial charge < -0.3 is 5.73 Å².